The predicted octanol–water partition coefficient (Wildman–Crippen LogP) is 1.90. The molecule has 2 saturated carbocycles. The first-order chi connectivity index (χ1) is 21.2. The molecule has 1 aromatic heterocycles. The van der Waals surface area contributed by atoms with E-state index in [1.54, 1.807) is 37.7 Å². The smallest absolute Gasteiger partial charge is 0.270 e. The maximum Gasteiger partial charge on any atom is 0.270 e. The molecule has 3 aliphatic rings. The first kappa shape index (κ1) is 30.3. The van der Waals surface area contributed by atoms with E-state index in [0.717, 1.165) is 0 Å². The summed E-state index contributed by atoms with van der Waals surface area (Å²) in [6.07, 6.45) is -1.48. The van der Waals surface area contributed by atoms with Crippen molar-refractivity contribution in [3.63, 3.8) is 0 Å². The number of likely N-dealkylation sites (N-methyl/N-ethyl adjacent to an activating group) is 1. The highest BCUT2D eigenvalue weighted by atomic mass is 32.1. The van der Waals surface area contributed by atoms with Gasteiger partial charge in [0.15, 0.2) is 16.5 Å². The number of phenols is 1. The second-order valence-electron chi connectivity index (χ2n) is 11.7. The summed E-state index contributed by atoms with van der Waals surface area (Å²) in [6, 6.07) is 7.93. The number of nitrogens with one attached hydrogen (secondary N) is 1. The number of aliphatic hydroxyl groups excluding tert-OH is 2. The molecular weight excluding hydrogens is 606 g/mol. The number of carbonyl (C=O) groups is 3. The first-order valence-corrected chi connectivity index (χ1v) is 14.8. The average Bonchev–Trinajstić information content (AvgIpc) is 3.45. The number of ketones is 2. The van der Waals surface area contributed by atoms with Crippen LogP contribution in [0.2, 0.25) is 0 Å². The number of thiazole rings is 1. The van der Waals surface area contributed by atoms with Crippen LogP contribution in [0, 0.1) is 27.9 Å². The van der Waals surface area contributed by atoms with Crippen LogP contribution in [-0.2, 0) is 20.8 Å². The largest absolute Gasteiger partial charge is 0.507 e. The van der Waals surface area contributed by atoms with Crippen molar-refractivity contribution in [2.75, 3.05) is 19.4 Å². The molecule has 234 valence electrons. The number of nitrogens with two attached hydrogens (primary N) is 1. The zero-order valence-corrected chi connectivity index (χ0v) is 24.8. The van der Waals surface area contributed by atoms with Crippen LogP contribution in [0.1, 0.15) is 17.5 Å². The van der Waals surface area contributed by atoms with E-state index in [9.17, 15) is 44.9 Å². The van der Waals surface area contributed by atoms with Crippen molar-refractivity contribution in [1.29, 1.82) is 0 Å². The first-order valence-electron chi connectivity index (χ1n) is 14.0. The van der Waals surface area contributed by atoms with Gasteiger partial charge in [-0.25, -0.2) is 4.98 Å². The lowest BCUT2D eigenvalue weighted by molar-refractivity contribution is -0.384. The molecule has 7 N–H and O–H groups in total. The average molecular weight is 636 g/mol. The molecule has 0 spiro atoms. The number of nitrogens with zero attached hydrogens (tertiary/aromatic N) is 3. The van der Waals surface area contributed by atoms with Crippen molar-refractivity contribution in [3.05, 3.63) is 68.6 Å². The lowest BCUT2D eigenvalue weighted by atomic mass is 9.54. The summed E-state index contributed by atoms with van der Waals surface area (Å²) in [5.41, 5.74) is 4.23. The third kappa shape index (κ3) is 4.58. The van der Waals surface area contributed by atoms with Gasteiger partial charge in [0.05, 0.1) is 22.3 Å². The Bertz CT molecular complexity index is 1820. The lowest BCUT2D eigenvalue weighted by Crippen LogP contribution is -2.73. The second-order valence-corrected chi connectivity index (χ2v) is 12.6. The normalized spacial score (nSPS) is 27.5. The maximum atomic E-state index is 14.0. The number of rotatable bonds is 6. The summed E-state index contributed by atoms with van der Waals surface area (Å²) in [7, 11) is 3.17. The zero-order valence-electron chi connectivity index (χ0n) is 24.0. The van der Waals surface area contributed by atoms with E-state index in [0.29, 0.717) is 27.6 Å². The molecule has 2 aromatic carbocycles. The minimum Gasteiger partial charge on any atom is -0.507 e. The molecule has 15 heteroatoms. The molecule has 3 aromatic rings. The molecule has 1 amide bonds. The van der Waals surface area contributed by atoms with Crippen molar-refractivity contribution in [2.24, 2.45) is 23.5 Å². The van der Waals surface area contributed by atoms with Gasteiger partial charge in [-0.05, 0) is 50.6 Å². The molecule has 1 heterocycles. The minimum atomic E-state index is -2.74. The molecule has 0 saturated heterocycles. The Kier molecular flexibility index (Phi) is 7.23. The molecule has 6 rings (SSSR count). The van der Waals surface area contributed by atoms with Gasteiger partial charge in [-0.15, -0.1) is 11.3 Å². The number of aromatic hydroxyl groups is 1. The molecule has 45 heavy (non-hydrogen) atoms. The summed E-state index contributed by atoms with van der Waals surface area (Å²) in [5, 5.41) is 61.5. The number of anilines is 2. The van der Waals surface area contributed by atoms with Gasteiger partial charge in [0.2, 0.25) is 11.7 Å². The summed E-state index contributed by atoms with van der Waals surface area (Å²) in [5.74, 6) is -8.14. The molecule has 4 unspecified atom stereocenters. The van der Waals surface area contributed by atoms with Crippen LogP contribution in [0.4, 0.5) is 16.5 Å². The van der Waals surface area contributed by atoms with Crippen molar-refractivity contribution in [2.45, 2.75) is 30.6 Å². The topological polar surface area (TPSA) is 229 Å². The highest BCUT2D eigenvalue weighted by molar-refractivity contribution is 7.14. The van der Waals surface area contributed by atoms with Crippen LogP contribution in [0.15, 0.2) is 47.4 Å². The highest BCUT2D eigenvalue weighted by Gasteiger charge is 2.67. The number of fused-ring (bicyclic) bond motifs is 3. The molecular formula is C30H29N5O9S. The number of hydrogen-bond acceptors (Lipinski definition) is 13. The fourth-order valence-corrected chi connectivity index (χ4v) is 7.81. The Hall–Kier alpha value is -4.70. The van der Waals surface area contributed by atoms with Crippen LogP contribution >= 0.6 is 11.3 Å². The van der Waals surface area contributed by atoms with Gasteiger partial charge in [0.25, 0.3) is 5.69 Å². The predicted molar refractivity (Wildman–Crippen MR) is 162 cm³/mol. The number of carbonyl (C=O) groups excluding carboxylic acids is 3. The van der Waals surface area contributed by atoms with Gasteiger partial charge in [0, 0.05) is 46.3 Å². The number of non-ortho nitro benzene ring substituents is 1. The van der Waals surface area contributed by atoms with Crippen molar-refractivity contribution in [3.8, 4) is 17.0 Å². The van der Waals surface area contributed by atoms with Gasteiger partial charge in [-0.1, -0.05) is 12.1 Å². The summed E-state index contributed by atoms with van der Waals surface area (Å²) in [6.45, 7) is 0. The number of aromatic nitrogens is 1. The third-order valence-corrected chi connectivity index (χ3v) is 9.83. The van der Waals surface area contributed by atoms with Crippen LogP contribution in [-0.4, -0.2) is 84.5 Å². The number of Topliss-reactive ketones (excluding diaryl/α,β-unsaturated/α-hetero) is 2. The molecule has 6 atom stereocenters. The second kappa shape index (κ2) is 10.7. The fourth-order valence-electron chi connectivity index (χ4n) is 7.08. The SMILES string of the molecule is CN(C)[C@@H]1C(O)C(C(N)=O)C(=O)[C@@]2(O)C(=O)C3=C(O)c4c(O)ccc(Nc5nc(-c6cccc([N+](=O)[O-])c6)cs5)c4CC3CC12. The molecule has 0 radical (unpaired) electrons. The Morgan fingerprint density at radius 2 is 1.96 bits per heavy atom. The monoisotopic (exact) mass is 635 g/mol. The van der Waals surface area contributed by atoms with Gasteiger partial charge in [-0.2, -0.15) is 0 Å². The van der Waals surface area contributed by atoms with Crippen molar-refractivity contribution in [1.82, 2.24) is 9.88 Å². The summed E-state index contributed by atoms with van der Waals surface area (Å²) >= 11 is 1.23. The Labute approximate surface area is 259 Å². The Morgan fingerprint density at radius 3 is 2.62 bits per heavy atom. The zero-order chi connectivity index (χ0) is 32.5. The molecule has 0 aliphatic heterocycles. The Morgan fingerprint density at radius 1 is 1.22 bits per heavy atom. The van der Waals surface area contributed by atoms with Crippen LogP contribution < -0.4 is 11.1 Å². The van der Waals surface area contributed by atoms with Gasteiger partial charge in [0.1, 0.15) is 17.4 Å². The van der Waals surface area contributed by atoms with Gasteiger partial charge in [-0.3, -0.25) is 24.5 Å². The summed E-state index contributed by atoms with van der Waals surface area (Å²) < 4.78 is 0. The fraction of sp³-hybridized carbons (Fsp3) is 0.333. The Balaban J connectivity index is 1.40. The molecule has 2 fully saturated rings. The number of phenolic OH excluding ortho intramolecular Hbond substituents is 1. The van der Waals surface area contributed by atoms with Crippen LogP contribution in [0.3, 0.4) is 0 Å². The maximum absolute atomic E-state index is 14.0. The van der Waals surface area contributed by atoms with Gasteiger partial charge < -0.3 is 36.4 Å². The molecule has 14 nitrogen and oxygen atoms in total. The number of nitro benzene ring substituents is 1. The number of amides is 1. The molecule has 3 aliphatic carbocycles. The van der Waals surface area contributed by atoms with Crippen molar-refractivity contribution < 1.29 is 39.7 Å². The minimum absolute atomic E-state index is 0.0124. The van der Waals surface area contributed by atoms with E-state index < -0.39 is 63.7 Å². The van der Waals surface area contributed by atoms with Crippen LogP contribution in [0.5, 0.6) is 5.75 Å². The van der Waals surface area contributed by atoms with E-state index in [1.807, 2.05) is 0 Å². The summed E-state index contributed by atoms with van der Waals surface area (Å²) in [4.78, 5) is 56.4. The van der Waals surface area contributed by atoms with Crippen molar-refractivity contribution >= 4 is 51.1 Å². The van der Waals surface area contributed by atoms with Gasteiger partial charge >= 0.3 is 0 Å². The molecule has 0 bridgehead atoms. The number of hydrogen-bond donors (Lipinski definition) is 6. The van der Waals surface area contributed by atoms with E-state index >= 15 is 0 Å². The standard InChI is InChI=1S/C30H29N5O9S/c1-34(2)23-16-10-13-9-15-17(32-29-33-18(11-45-29)12-4-3-5-14(8-12)35(43)44)6-7-19(36)21(15)24(37)20(13)26(39)30(16,42)27(40)22(25(23)38)28(31)41/h3-8,11,13,16,22-23,25,36-38,42H,9-10H2,1-2H3,(H2,31,41)(H,32,33)/t13?,16?,22?,23-,25?,30-/m0/s1. The van der Waals surface area contributed by atoms with E-state index in [2.05, 4.69) is 10.3 Å². The number of aliphatic hydroxyl groups is 3. The van der Waals surface area contributed by atoms with Crippen LogP contribution in [0.25, 0.3) is 17.0 Å². The number of primary amides is 1. The quantitative estimate of drug-likeness (QED) is 0.0987. The number of benzene rings is 2. The lowest BCUT2D eigenvalue weighted by Gasteiger charge is -2.53. The number of nitro groups is 1. The highest BCUT2D eigenvalue weighted by Crippen LogP contribution is 2.53. The third-order valence-electron chi connectivity index (χ3n) is 9.07. The van der Waals surface area contributed by atoms with E-state index in [4.69, 9.17) is 5.73 Å². The van der Waals surface area contributed by atoms with E-state index in [-0.39, 0.29) is 35.4 Å². The van der Waals surface area contributed by atoms with E-state index in [1.165, 1.54) is 34.4 Å².